The second-order valence-electron chi connectivity index (χ2n) is 10.8. The first-order chi connectivity index (χ1) is 20.5. The van der Waals surface area contributed by atoms with Gasteiger partial charge in [-0.15, -0.1) is 0 Å². The first-order valence-corrected chi connectivity index (χ1v) is 15.3. The lowest BCUT2D eigenvalue weighted by Gasteiger charge is -2.40. The van der Waals surface area contributed by atoms with Crippen LogP contribution in [0, 0.1) is 18.6 Å². The molecule has 1 aliphatic carbocycles. The second kappa shape index (κ2) is 10.6. The Kier molecular flexibility index (Phi) is 7.07. The SMILES string of the molecule is C=CC(=O)N1CCN(c2nc(=O)n(-c3c(C)ccnc3S(=O)(=O)C3CC3)c3nc(-c4ccccc4F)c(F)cc23)[C@@H](C)C1. The summed E-state index contributed by atoms with van der Waals surface area (Å²) < 4.78 is 58.6. The number of rotatable bonds is 6. The van der Waals surface area contributed by atoms with Gasteiger partial charge in [0.15, 0.2) is 10.7 Å². The maximum atomic E-state index is 15.8. The lowest BCUT2D eigenvalue weighted by molar-refractivity contribution is -0.126. The molecule has 0 bridgehead atoms. The van der Waals surface area contributed by atoms with E-state index in [9.17, 15) is 22.4 Å². The fourth-order valence-corrected chi connectivity index (χ4v) is 7.31. The molecule has 2 fully saturated rings. The highest BCUT2D eigenvalue weighted by Gasteiger charge is 2.40. The fourth-order valence-electron chi connectivity index (χ4n) is 5.51. The van der Waals surface area contributed by atoms with Gasteiger partial charge in [-0.3, -0.25) is 4.79 Å². The summed E-state index contributed by atoms with van der Waals surface area (Å²) in [5.74, 6) is -1.69. The normalized spacial score (nSPS) is 17.3. The second-order valence-corrected chi connectivity index (χ2v) is 12.9. The number of pyridine rings is 2. The van der Waals surface area contributed by atoms with Crippen LogP contribution in [0.4, 0.5) is 14.6 Å². The molecule has 1 amide bonds. The highest BCUT2D eigenvalue weighted by Crippen LogP contribution is 2.37. The van der Waals surface area contributed by atoms with Crippen molar-refractivity contribution < 1.29 is 22.0 Å². The van der Waals surface area contributed by atoms with Gasteiger partial charge in [-0.1, -0.05) is 18.7 Å². The van der Waals surface area contributed by atoms with Gasteiger partial charge in [0, 0.05) is 37.4 Å². The van der Waals surface area contributed by atoms with Crippen LogP contribution in [0.1, 0.15) is 25.3 Å². The molecular weight excluding hydrogens is 578 g/mol. The number of nitrogens with zero attached hydrogens (tertiary/aromatic N) is 6. The third kappa shape index (κ3) is 4.86. The summed E-state index contributed by atoms with van der Waals surface area (Å²) in [5, 5.41) is -0.799. The van der Waals surface area contributed by atoms with E-state index in [0.717, 1.165) is 10.6 Å². The Bertz CT molecular complexity index is 1980. The van der Waals surface area contributed by atoms with Gasteiger partial charge in [0.2, 0.25) is 15.7 Å². The van der Waals surface area contributed by atoms with E-state index < -0.39 is 32.4 Å². The number of amides is 1. The number of hydrogen-bond acceptors (Lipinski definition) is 8. The van der Waals surface area contributed by atoms with Crippen LogP contribution >= 0.6 is 0 Å². The number of sulfone groups is 1. The van der Waals surface area contributed by atoms with Crippen LogP contribution in [-0.4, -0.2) is 69.7 Å². The van der Waals surface area contributed by atoms with Gasteiger partial charge in [0.1, 0.15) is 23.1 Å². The van der Waals surface area contributed by atoms with Gasteiger partial charge in [-0.2, -0.15) is 4.98 Å². The summed E-state index contributed by atoms with van der Waals surface area (Å²) in [7, 11) is -3.90. The summed E-state index contributed by atoms with van der Waals surface area (Å²) in [4.78, 5) is 42.6. The van der Waals surface area contributed by atoms with E-state index in [0.29, 0.717) is 31.5 Å². The van der Waals surface area contributed by atoms with Crippen molar-refractivity contribution in [2.75, 3.05) is 24.5 Å². The summed E-state index contributed by atoms with van der Waals surface area (Å²) in [6.07, 6.45) is 3.53. The van der Waals surface area contributed by atoms with Crippen molar-refractivity contribution in [1.82, 2.24) is 24.4 Å². The van der Waals surface area contributed by atoms with Crippen molar-refractivity contribution in [3.05, 3.63) is 82.9 Å². The van der Waals surface area contributed by atoms with Crippen LogP contribution in [0.5, 0.6) is 0 Å². The average Bonchev–Trinajstić information content (AvgIpc) is 3.84. The molecule has 222 valence electrons. The molecule has 0 N–H and O–H groups in total. The van der Waals surface area contributed by atoms with Gasteiger partial charge in [0.05, 0.1) is 16.3 Å². The molecular formula is C30H28F2N6O4S. The average molecular weight is 607 g/mol. The standard InChI is InChI=1S/C30H28F2N6O4S/c1-4-24(39)36-13-14-37(18(3)16-36)27-21-15-23(32)25(20-7-5-6-8-22(20)31)34-28(21)38(30(40)35-27)26-17(2)11-12-33-29(26)43(41,42)19-9-10-19/h4-8,11-12,15,18-19H,1,9-10,13-14,16H2,2-3H3/t18-/m0/s1. The first kappa shape index (κ1) is 28.6. The summed E-state index contributed by atoms with van der Waals surface area (Å²) in [5.41, 5.74) is -1.06. The Labute approximate surface area is 246 Å². The molecule has 13 heteroatoms. The third-order valence-electron chi connectivity index (χ3n) is 7.86. The predicted octanol–water partition coefficient (Wildman–Crippen LogP) is 3.59. The van der Waals surface area contributed by atoms with E-state index in [-0.39, 0.29) is 57.3 Å². The van der Waals surface area contributed by atoms with Crippen molar-refractivity contribution in [2.45, 2.75) is 43.0 Å². The maximum absolute atomic E-state index is 15.8. The third-order valence-corrected chi connectivity index (χ3v) is 10.1. The molecule has 10 nitrogen and oxygen atoms in total. The molecule has 4 heterocycles. The molecule has 1 saturated heterocycles. The largest absolute Gasteiger partial charge is 0.355 e. The number of piperazine rings is 1. The number of carbonyl (C=O) groups is 1. The highest BCUT2D eigenvalue weighted by atomic mass is 32.2. The predicted molar refractivity (Wildman–Crippen MR) is 157 cm³/mol. The van der Waals surface area contributed by atoms with Crippen molar-refractivity contribution in [2.24, 2.45) is 0 Å². The highest BCUT2D eigenvalue weighted by molar-refractivity contribution is 7.92. The van der Waals surface area contributed by atoms with Gasteiger partial charge in [0.25, 0.3) is 0 Å². The number of anilines is 1. The van der Waals surface area contributed by atoms with Gasteiger partial charge < -0.3 is 9.80 Å². The topological polar surface area (TPSA) is 118 Å². The monoisotopic (exact) mass is 606 g/mol. The minimum Gasteiger partial charge on any atom is -0.350 e. The van der Waals surface area contributed by atoms with Crippen LogP contribution in [0.3, 0.4) is 0 Å². The smallest absolute Gasteiger partial charge is 0.350 e. The zero-order valence-electron chi connectivity index (χ0n) is 23.5. The number of carbonyl (C=O) groups excluding carboxylic acids is 1. The van der Waals surface area contributed by atoms with E-state index in [4.69, 9.17) is 0 Å². The van der Waals surface area contributed by atoms with Crippen molar-refractivity contribution in [1.29, 1.82) is 0 Å². The van der Waals surface area contributed by atoms with Gasteiger partial charge >= 0.3 is 5.69 Å². The van der Waals surface area contributed by atoms with Crippen molar-refractivity contribution in [3.63, 3.8) is 0 Å². The minimum atomic E-state index is -3.90. The maximum Gasteiger partial charge on any atom is 0.355 e. The zero-order chi connectivity index (χ0) is 30.6. The Morgan fingerprint density at radius 1 is 1.09 bits per heavy atom. The molecule has 4 aromatic rings. The Hall–Kier alpha value is -4.52. The Balaban J connectivity index is 1.65. The van der Waals surface area contributed by atoms with Crippen LogP contribution in [0.2, 0.25) is 0 Å². The summed E-state index contributed by atoms with van der Waals surface area (Å²) in [6.45, 7) is 7.88. The number of aromatic nitrogens is 4. The molecule has 3 aromatic heterocycles. The van der Waals surface area contributed by atoms with Crippen molar-refractivity contribution >= 4 is 32.6 Å². The molecule has 6 rings (SSSR count). The first-order valence-electron chi connectivity index (χ1n) is 13.8. The molecule has 0 unspecified atom stereocenters. The van der Waals surface area contributed by atoms with E-state index in [1.807, 2.05) is 6.92 Å². The van der Waals surface area contributed by atoms with Gasteiger partial charge in [-0.05, 0) is 62.6 Å². The molecule has 1 aromatic carbocycles. The van der Waals surface area contributed by atoms with Crippen LogP contribution in [0.25, 0.3) is 28.0 Å². The number of fused-ring (bicyclic) bond motifs is 1. The molecule has 0 spiro atoms. The Morgan fingerprint density at radius 2 is 1.84 bits per heavy atom. The van der Waals surface area contributed by atoms with Gasteiger partial charge in [-0.25, -0.2) is 36.5 Å². The van der Waals surface area contributed by atoms with Crippen LogP contribution in [0.15, 0.2) is 65.1 Å². The lowest BCUT2D eigenvalue weighted by atomic mass is 10.1. The number of hydrogen-bond donors (Lipinski definition) is 0. The molecule has 1 aliphatic heterocycles. The quantitative estimate of drug-likeness (QED) is 0.306. The molecule has 43 heavy (non-hydrogen) atoms. The number of halogens is 2. The van der Waals surface area contributed by atoms with Crippen LogP contribution in [-0.2, 0) is 14.6 Å². The van der Waals surface area contributed by atoms with E-state index in [2.05, 4.69) is 21.5 Å². The molecule has 1 atom stereocenters. The van der Waals surface area contributed by atoms with E-state index >= 15 is 4.39 Å². The summed E-state index contributed by atoms with van der Waals surface area (Å²) >= 11 is 0. The van der Waals surface area contributed by atoms with E-state index in [1.54, 1.807) is 22.8 Å². The Morgan fingerprint density at radius 3 is 2.51 bits per heavy atom. The lowest BCUT2D eigenvalue weighted by Crippen LogP contribution is -2.54. The van der Waals surface area contributed by atoms with E-state index in [1.165, 1.54) is 36.5 Å². The zero-order valence-corrected chi connectivity index (χ0v) is 24.3. The molecule has 0 radical (unpaired) electrons. The number of aryl methyl sites for hydroxylation is 1. The molecule has 1 saturated carbocycles. The summed E-state index contributed by atoms with van der Waals surface area (Å²) in [6, 6.07) is 7.90. The fraction of sp³-hybridized carbons (Fsp3) is 0.300. The van der Waals surface area contributed by atoms with Crippen molar-refractivity contribution in [3.8, 4) is 16.9 Å². The van der Waals surface area contributed by atoms with Crippen LogP contribution < -0.4 is 10.6 Å². The minimum absolute atomic E-state index is 0.0310. The number of benzene rings is 1. The molecule has 2 aliphatic rings.